The van der Waals surface area contributed by atoms with E-state index in [1.807, 2.05) is 18.2 Å². The number of nitrogens with zero attached hydrogens (tertiary/aromatic N) is 1. The van der Waals surface area contributed by atoms with Gasteiger partial charge in [-0.15, -0.1) is 11.6 Å². The Bertz CT molecular complexity index is 406. The van der Waals surface area contributed by atoms with Gasteiger partial charge < -0.3 is 9.64 Å². The second kappa shape index (κ2) is 5.05. The summed E-state index contributed by atoms with van der Waals surface area (Å²) in [7, 11) is 0. The topological polar surface area (TPSA) is 12.5 Å². The van der Waals surface area contributed by atoms with E-state index in [1.54, 1.807) is 0 Å². The smallest absolute Gasteiger partial charge is 0.0801 e. The maximum absolute atomic E-state index is 6.29. The molecule has 1 fully saturated rings. The van der Waals surface area contributed by atoms with Gasteiger partial charge in [-0.1, -0.05) is 17.7 Å². The molecular formula is C13H17Cl2NO. The first-order valence-corrected chi connectivity index (χ1v) is 6.66. The fourth-order valence-electron chi connectivity index (χ4n) is 2.11. The Kier molecular flexibility index (Phi) is 3.86. The van der Waals surface area contributed by atoms with Crippen LogP contribution < -0.4 is 4.90 Å². The quantitative estimate of drug-likeness (QED) is 0.762. The second-order valence-corrected chi connectivity index (χ2v) is 5.62. The summed E-state index contributed by atoms with van der Waals surface area (Å²) in [5.41, 5.74) is 2.00. The lowest BCUT2D eigenvalue weighted by Crippen LogP contribution is -2.48. The lowest BCUT2D eigenvalue weighted by Gasteiger charge is -2.39. The summed E-state index contributed by atoms with van der Waals surface area (Å²) in [6.45, 7) is 6.66. The fourth-order valence-corrected chi connectivity index (χ4v) is 2.60. The van der Waals surface area contributed by atoms with Gasteiger partial charge in [0, 0.05) is 19.0 Å². The van der Waals surface area contributed by atoms with E-state index in [9.17, 15) is 0 Å². The maximum Gasteiger partial charge on any atom is 0.0801 e. The minimum absolute atomic E-state index is 0.118. The van der Waals surface area contributed by atoms with Gasteiger partial charge in [0.15, 0.2) is 0 Å². The lowest BCUT2D eigenvalue weighted by atomic mass is 10.1. The van der Waals surface area contributed by atoms with Gasteiger partial charge >= 0.3 is 0 Å². The summed E-state index contributed by atoms with van der Waals surface area (Å²) in [5, 5.41) is 0.765. The van der Waals surface area contributed by atoms with Crippen LogP contribution in [0.15, 0.2) is 18.2 Å². The van der Waals surface area contributed by atoms with Gasteiger partial charge in [0.1, 0.15) is 0 Å². The van der Waals surface area contributed by atoms with E-state index < -0.39 is 0 Å². The molecule has 0 bridgehead atoms. The third kappa shape index (κ3) is 3.06. The summed E-state index contributed by atoms with van der Waals surface area (Å²) in [6.07, 6.45) is 0. The van der Waals surface area contributed by atoms with Crippen molar-refractivity contribution in [3.8, 4) is 0 Å². The van der Waals surface area contributed by atoms with Crippen LogP contribution in [0.5, 0.6) is 0 Å². The molecule has 1 aromatic rings. The summed E-state index contributed by atoms with van der Waals surface area (Å²) in [6, 6.07) is 6.00. The lowest BCUT2D eigenvalue weighted by molar-refractivity contribution is -0.0276. The Morgan fingerprint density at radius 3 is 2.76 bits per heavy atom. The molecule has 0 radical (unpaired) electrons. The van der Waals surface area contributed by atoms with E-state index in [2.05, 4.69) is 18.7 Å². The first-order valence-electron chi connectivity index (χ1n) is 5.75. The van der Waals surface area contributed by atoms with Crippen molar-refractivity contribution in [2.45, 2.75) is 25.3 Å². The summed E-state index contributed by atoms with van der Waals surface area (Å²) in [4.78, 5) is 2.27. The predicted octanol–water partition coefficient (Wildman–Crippen LogP) is 3.69. The molecule has 0 atom stereocenters. The normalized spacial score (nSPS) is 19.4. The fraction of sp³-hybridized carbons (Fsp3) is 0.538. The number of halogens is 2. The minimum atomic E-state index is -0.118. The molecule has 0 aromatic heterocycles. The third-order valence-electron chi connectivity index (χ3n) is 2.93. The molecule has 17 heavy (non-hydrogen) atoms. The van der Waals surface area contributed by atoms with Crippen LogP contribution in [0.4, 0.5) is 5.69 Å². The SMILES string of the molecule is CC1(C)CN(c2ccc(CCl)cc2Cl)CCO1. The monoisotopic (exact) mass is 273 g/mol. The van der Waals surface area contributed by atoms with E-state index in [4.69, 9.17) is 27.9 Å². The third-order valence-corrected chi connectivity index (χ3v) is 3.54. The minimum Gasteiger partial charge on any atom is -0.372 e. The number of hydrogen-bond donors (Lipinski definition) is 0. The highest BCUT2D eigenvalue weighted by atomic mass is 35.5. The average Bonchev–Trinajstić information content (AvgIpc) is 2.27. The van der Waals surface area contributed by atoms with Crippen LogP contribution in [0, 0.1) is 0 Å². The highest BCUT2D eigenvalue weighted by Crippen LogP contribution is 2.30. The van der Waals surface area contributed by atoms with Crippen LogP contribution in [-0.2, 0) is 10.6 Å². The van der Waals surface area contributed by atoms with Gasteiger partial charge in [-0.05, 0) is 31.5 Å². The predicted molar refractivity (Wildman–Crippen MR) is 73.3 cm³/mol. The molecule has 4 heteroatoms. The van der Waals surface area contributed by atoms with Gasteiger partial charge in [-0.3, -0.25) is 0 Å². The Morgan fingerprint density at radius 1 is 1.41 bits per heavy atom. The van der Waals surface area contributed by atoms with Crippen LogP contribution in [0.25, 0.3) is 0 Å². The number of rotatable bonds is 2. The van der Waals surface area contributed by atoms with Crippen LogP contribution in [0.1, 0.15) is 19.4 Å². The molecule has 0 unspecified atom stereocenters. The highest BCUT2D eigenvalue weighted by Gasteiger charge is 2.28. The molecule has 0 spiro atoms. The van der Waals surface area contributed by atoms with Gasteiger partial charge in [-0.25, -0.2) is 0 Å². The van der Waals surface area contributed by atoms with Crippen molar-refractivity contribution in [2.75, 3.05) is 24.6 Å². The van der Waals surface area contributed by atoms with Crippen molar-refractivity contribution in [1.29, 1.82) is 0 Å². The maximum atomic E-state index is 6.29. The number of morpholine rings is 1. The van der Waals surface area contributed by atoms with Crippen molar-refractivity contribution in [1.82, 2.24) is 0 Å². The number of benzene rings is 1. The molecule has 1 heterocycles. The average molecular weight is 274 g/mol. The van der Waals surface area contributed by atoms with Crippen molar-refractivity contribution in [3.63, 3.8) is 0 Å². The molecule has 1 saturated heterocycles. The highest BCUT2D eigenvalue weighted by molar-refractivity contribution is 6.33. The molecule has 0 saturated carbocycles. The van der Waals surface area contributed by atoms with E-state index in [0.29, 0.717) is 5.88 Å². The molecule has 2 rings (SSSR count). The van der Waals surface area contributed by atoms with Crippen LogP contribution in [0.3, 0.4) is 0 Å². The Labute approximate surface area is 112 Å². The molecule has 94 valence electrons. The zero-order chi connectivity index (χ0) is 12.5. The van der Waals surface area contributed by atoms with Crippen molar-refractivity contribution < 1.29 is 4.74 Å². The van der Waals surface area contributed by atoms with Crippen molar-refractivity contribution in [3.05, 3.63) is 28.8 Å². The summed E-state index contributed by atoms with van der Waals surface area (Å²) >= 11 is 12.1. The molecule has 1 aliphatic heterocycles. The molecule has 0 amide bonds. The molecule has 1 aromatic carbocycles. The first-order chi connectivity index (χ1) is 8.02. The summed E-state index contributed by atoms with van der Waals surface area (Å²) in [5.74, 6) is 0.495. The molecular weight excluding hydrogens is 257 g/mol. The van der Waals surface area contributed by atoms with Crippen LogP contribution in [-0.4, -0.2) is 25.3 Å². The zero-order valence-electron chi connectivity index (χ0n) is 10.2. The Balaban J connectivity index is 2.22. The van der Waals surface area contributed by atoms with E-state index in [-0.39, 0.29) is 5.60 Å². The second-order valence-electron chi connectivity index (χ2n) is 4.95. The summed E-state index contributed by atoms with van der Waals surface area (Å²) < 4.78 is 5.70. The largest absolute Gasteiger partial charge is 0.372 e. The molecule has 1 aliphatic rings. The van der Waals surface area contributed by atoms with E-state index >= 15 is 0 Å². The Hall–Kier alpha value is -0.440. The van der Waals surface area contributed by atoms with Crippen LogP contribution in [0.2, 0.25) is 5.02 Å². The van der Waals surface area contributed by atoms with Crippen molar-refractivity contribution in [2.24, 2.45) is 0 Å². The Morgan fingerprint density at radius 2 is 2.18 bits per heavy atom. The van der Waals surface area contributed by atoms with Gasteiger partial charge in [0.25, 0.3) is 0 Å². The number of hydrogen-bond acceptors (Lipinski definition) is 2. The van der Waals surface area contributed by atoms with Crippen LogP contribution >= 0.6 is 23.2 Å². The number of ether oxygens (including phenoxy) is 1. The number of anilines is 1. The first kappa shape index (κ1) is 13.0. The van der Waals surface area contributed by atoms with Gasteiger partial charge in [0.05, 0.1) is 22.9 Å². The van der Waals surface area contributed by atoms with Crippen molar-refractivity contribution >= 4 is 28.9 Å². The van der Waals surface area contributed by atoms with Gasteiger partial charge in [0.2, 0.25) is 0 Å². The van der Waals surface area contributed by atoms with Gasteiger partial charge in [-0.2, -0.15) is 0 Å². The number of alkyl halides is 1. The zero-order valence-corrected chi connectivity index (χ0v) is 11.7. The molecule has 0 aliphatic carbocycles. The molecule has 2 nitrogen and oxygen atoms in total. The van der Waals surface area contributed by atoms with E-state index in [0.717, 1.165) is 36.0 Å². The molecule has 0 N–H and O–H groups in total. The van der Waals surface area contributed by atoms with E-state index in [1.165, 1.54) is 0 Å². The standard InChI is InChI=1S/C13H17Cl2NO/c1-13(2)9-16(5-6-17-13)12-4-3-10(8-14)7-11(12)15/h3-4,7H,5-6,8-9H2,1-2H3.